The highest BCUT2D eigenvalue weighted by atomic mass is 32.1. The van der Waals surface area contributed by atoms with Gasteiger partial charge in [-0.25, -0.2) is 0 Å². The van der Waals surface area contributed by atoms with E-state index in [4.69, 9.17) is 0 Å². The number of amides is 1. The largest absolute Gasteiger partial charge is 0.354 e. The summed E-state index contributed by atoms with van der Waals surface area (Å²) in [5, 5.41) is 4.60. The summed E-state index contributed by atoms with van der Waals surface area (Å²) in [6.45, 7) is 6.17. The maximum absolute atomic E-state index is 11.3. The first-order valence-corrected chi connectivity index (χ1v) is 5.83. The SMILES string of the molecule is Cc1csc(=O)n1CCC(=O)NC(C)C. The Hall–Kier alpha value is -1.10. The van der Waals surface area contributed by atoms with Gasteiger partial charge in [-0.05, 0) is 20.8 Å². The van der Waals surface area contributed by atoms with Gasteiger partial charge in [-0.15, -0.1) is 0 Å². The minimum absolute atomic E-state index is 0.00449. The lowest BCUT2D eigenvalue weighted by atomic mass is 10.3. The monoisotopic (exact) mass is 228 g/mol. The average molecular weight is 228 g/mol. The summed E-state index contributed by atoms with van der Waals surface area (Å²) in [4.78, 5) is 22.7. The van der Waals surface area contributed by atoms with Gasteiger partial charge >= 0.3 is 4.87 Å². The molecular formula is C10H16N2O2S. The van der Waals surface area contributed by atoms with E-state index in [9.17, 15) is 9.59 Å². The molecule has 1 N–H and O–H groups in total. The lowest BCUT2D eigenvalue weighted by Crippen LogP contribution is -2.31. The summed E-state index contributed by atoms with van der Waals surface area (Å²) in [5.41, 5.74) is 0.919. The van der Waals surface area contributed by atoms with Crippen molar-refractivity contribution in [2.45, 2.75) is 39.8 Å². The molecule has 0 aliphatic carbocycles. The van der Waals surface area contributed by atoms with Gasteiger partial charge in [0.1, 0.15) is 0 Å². The second kappa shape index (κ2) is 5.11. The molecule has 0 aliphatic heterocycles. The van der Waals surface area contributed by atoms with Gasteiger partial charge in [-0.2, -0.15) is 0 Å². The van der Waals surface area contributed by atoms with Crippen LogP contribution in [-0.2, 0) is 11.3 Å². The molecule has 0 fully saturated rings. The topological polar surface area (TPSA) is 51.1 Å². The van der Waals surface area contributed by atoms with Crippen molar-refractivity contribution in [1.82, 2.24) is 9.88 Å². The molecule has 0 saturated heterocycles. The summed E-state index contributed by atoms with van der Waals surface area (Å²) >= 11 is 1.17. The van der Waals surface area contributed by atoms with Crippen molar-refractivity contribution < 1.29 is 4.79 Å². The van der Waals surface area contributed by atoms with Crippen molar-refractivity contribution in [2.75, 3.05) is 0 Å². The summed E-state index contributed by atoms with van der Waals surface area (Å²) in [6.07, 6.45) is 0.357. The fraction of sp³-hybridized carbons (Fsp3) is 0.600. The van der Waals surface area contributed by atoms with Crippen LogP contribution >= 0.6 is 11.3 Å². The molecule has 0 saturated carbocycles. The average Bonchev–Trinajstić information content (AvgIpc) is 2.42. The third-order valence-corrected chi connectivity index (χ3v) is 2.87. The van der Waals surface area contributed by atoms with Gasteiger partial charge in [0.2, 0.25) is 5.91 Å². The van der Waals surface area contributed by atoms with Crippen LogP contribution < -0.4 is 10.2 Å². The third kappa shape index (κ3) is 3.51. The maximum atomic E-state index is 11.3. The van der Waals surface area contributed by atoms with Crippen molar-refractivity contribution >= 4 is 17.2 Å². The van der Waals surface area contributed by atoms with E-state index in [1.807, 2.05) is 26.2 Å². The molecule has 0 spiro atoms. The van der Waals surface area contributed by atoms with Crippen LogP contribution in [0.2, 0.25) is 0 Å². The minimum Gasteiger partial charge on any atom is -0.354 e. The number of rotatable bonds is 4. The third-order valence-electron chi connectivity index (χ3n) is 1.99. The fourth-order valence-electron chi connectivity index (χ4n) is 1.28. The van der Waals surface area contributed by atoms with Gasteiger partial charge in [0.25, 0.3) is 0 Å². The number of aryl methyl sites for hydroxylation is 1. The lowest BCUT2D eigenvalue weighted by Gasteiger charge is -2.08. The smallest absolute Gasteiger partial charge is 0.307 e. The van der Waals surface area contributed by atoms with E-state index in [-0.39, 0.29) is 16.8 Å². The molecule has 0 atom stereocenters. The van der Waals surface area contributed by atoms with Crippen molar-refractivity contribution in [3.63, 3.8) is 0 Å². The molecule has 15 heavy (non-hydrogen) atoms. The molecular weight excluding hydrogens is 212 g/mol. The number of thiazole rings is 1. The second-order valence-corrected chi connectivity index (χ2v) is 4.59. The van der Waals surface area contributed by atoms with Crippen LogP contribution in [0.3, 0.4) is 0 Å². The Bertz CT molecular complexity index is 392. The van der Waals surface area contributed by atoms with Crippen LogP contribution in [0.1, 0.15) is 26.0 Å². The number of carbonyl (C=O) groups is 1. The second-order valence-electron chi connectivity index (χ2n) is 3.77. The van der Waals surface area contributed by atoms with Gasteiger partial charge in [-0.1, -0.05) is 11.3 Å². The lowest BCUT2D eigenvalue weighted by molar-refractivity contribution is -0.121. The van der Waals surface area contributed by atoms with E-state index < -0.39 is 0 Å². The molecule has 0 aliphatic rings. The first-order chi connectivity index (χ1) is 7.00. The minimum atomic E-state index is -0.0116. The number of nitrogens with one attached hydrogen (secondary N) is 1. The molecule has 5 heteroatoms. The van der Waals surface area contributed by atoms with Gasteiger partial charge < -0.3 is 9.88 Å². The molecule has 0 radical (unpaired) electrons. The normalized spacial score (nSPS) is 10.7. The summed E-state index contributed by atoms with van der Waals surface area (Å²) in [6, 6.07) is 0.151. The molecule has 1 rings (SSSR count). The Morgan fingerprint density at radius 1 is 1.60 bits per heavy atom. The predicted molar refractivity (Wildman–Crippen MR) is 61.2 cm³/mol. The van der Waals surface area contributed by atoms with Gasteiger partial charge in [0.05, 0.1) is 0 Å². The molecule has 0 bridgehead atoms. The first kappa shape index (κ1) is 12.0. The van der Waals surface area contributed by atoms with E-state index in [2.05, 4.69) is 5.32 Å². The zero-order valence-electron chi connectivity index (χ0n) is 9.24. The van der Waals surface area contributed by atoms with Crippen molar-refractivity contribution in [1.29, 1.82) is 0 Å². The molecule has 84 valence electrons. The van der Waals surface area contributed by atoms with E-state index in [1.165, 1.54) is 11.3 Å². The van der Waals surface area contributed by atoms with E-state index in [0.717, 1.165) is 5.69 Å². The van der Waals surface area contributed by atoms with Crippen molar-refractivity contribution in [2.24, 2.45) is 0 Å². The Morgan fingerprint density at radius 3 is 2.73 bits per heavy atom. The van der Waals surface area contributed by atoms with Crippen LogP contribution in [-0.4, -0.2) is 16.5 Å². The summed E-state index contributed by atoms with van der Waals surface area (Å²) < 4.78 is 1.63. The molecule has 1 aromatic rings. The Kier molecular flexibility index (Phi) is 4.08. The van der Waals surface area contributed by atoms with E-state index in [0.29, 0.717) is 13.0 Å². The number of hydrogen-bond donors (Lipinski definition) is 1. The van der Waals surface area contributed by atoms with Crippen LogP contribution in [0, 0.1) is 6.92 Å². The van der Waals surface area contributed by atoms with Crippen LogP contribution in [0.5, 0.6) is 0 Å². The number of aromatic nitrogens is 1. The number of hydrogen-bond acceptors (Lipinski definition) is 3. The van der Waals surface area contributed by atoms with Gasteiger partial charge in [-0.3, -0.25) is 9.59 Å². The highest BCUT2D eigenvalue weighted by molar-refractivity contribution is 7.07. The van der Waals surface area contributed by atoms with E-state index in [1.54, 1.807) is 4.57 Å². The van der Waals surface area contributed by atoms with Crippen molar-refractivity contribution in [3.05, 3.63) is 20.7 Å². The molecule has 0 aromatic carbocycles. The Labute approximate surface area is 92.9 Å². The number of nitrogens with zero attached hydrogens (tertiary/aromatic N) is 1. The molecule has 0 unspecified atom stereocenters. The Morgan fingerprint density at radius 2 is 2.27 bits per heavy atom. The predicted octanol–water partition coefficient (Wildman–Crippen LogP) is 1.13. The zero-order valence-corrected chi connectivity index (χ0v) is 10.1. The zero-order chi connectivity index (χ0) is 11.4. The van der Waals surface area contributed by atoms with Crippen LogP contribution in [0.4, 0.5) is 0 Å². The molecule has 1 amide bonds. The first-order valence-electron chi connectivity index (χ1n) is 4.95. The fourth-order valence-corrected chi connectivity index (χ4v) is 2.04. The maximum Gasteiger partial charge on any atom is 0.307 e. The quantitative estimate of drug-likeness (QED) is 0.840. The van der Waals surface area contributed by atoms with Gasteiger partial charge in [0, 0.05) is 30.1 Å². The van der Waals surface area contributed by atoms with Crippen LogP contribution in [0.25, 0.3) is 0 Å². The van der Waals surface area contributed by atoms with Crippen molar-refractivity contribution in [3.8, 4) is 0 Å². The summed E-state index contributed by atoms with van der Waals surface area (Å²) in [7, 11) is 0. The number of carbonyl (C=O) groups excluding carboxylic acids is 1. The van der Waals surface area contributed by atoms with Gasteiger partial charge in [0.15, 0.2) is 0 Å². The standard InChI is InChI=1S/C10H16N2O2S/c1-7(2)11-9(13)4-5-12-8(3)6-15-10(12)14/h6-7H,4-5H2,1-3H3,(H,11,13). The highest BCUT2D eigenvalue weighted by Crippen LogP contribution is 2.00. The molecule has 1 aromatic heterocycles. The molecule has 4 nitrogen and oxygen atoms in total. The highest BCUT2D eigenvalue weighted by Gasteiger charge is 2.06. The van der Waals surface area contributed by atoms with Crippen LogP contribution in [0.15, 0.2) is 10.2 Å². The Balaban J connectivity index is 2.51. The summed E-state index contributed by atoms with van der Waals surface area (Å²) in [5.74, 6) is -0.0116. The van der Waals surface area contributed by atoms with E-state index >= 15 is 0 Å². The molecule has 1 heterocycles.